The lowest BCUT2D eigenvalue weighted by molar-refractivity contribution is -0.902. The van der Waals surface area contributed by atoms with E-state index in [4.69, 9.17) is 0 Å². The Morgan fingerprint density at radius 3 is 2.30 bits per heavy atom. The van der Waals surface area contributed by atoms with Gasteiger partial charge in [-0.25, -0.2) is 8.42 Å². The number of nitrogens with zero attached hydrogens (tertiary/aromatic N) is 2. The first-order chi connectivity index (χ1) is 10.8. The predicted octanol–water partition coefficient (Wildman–Crippen LogP) is -0.412. The molecule has 0 saturated carbocycles. The van der Waals surface area contributed by atoms with Crippen LogP contribution in [0.4, 0.5) is 5.69 Å². The lowest BCUT2D eigenvalue weighted by Crippen LogP contribution is -3.14. The molecule has 6 nitrogen and oxygen atoms in total. The van der Waals surface area contributed by atoms with Crippen LogP contribution in [0, 0.1) is 0 Å². The molecule has 7 heteroatoms. The molecule has 0 bridgehead atoms. The molecule has 2 rings (SSSR count). The van der Waals surface area contributed by atoms with Gasteiger partial charge in [-0.15, -0.1) is 0 Å². The number of nitrogens with one attached hydrogen (secondary N) is 1. The molecule has 1 fully saturated rings. The number of rotatable bonds is 5. The summed E-state index contributed by atoms with van der Waals surface area (Å²) in [4.78, 5) is 16.0. The van der Waals surface area contributed by atoms with Crippen molar-refractivity contribution in [1.29, 1.82) is 0 Å². The number of hydrogen-bond acceptors (Lipinski definition) is 3. The van der Waals surface area contributed by atoms with Crippen LogP contribution in [0.15, 0.2) is 30.3 Å². The third kappa shape index (κ3) is 4.23. The average Bonchev–Trinajstić information content (AvgIpc) is 2.54. The van der Waals surface area contributed by atoms with Gasteiger partial charge in [-0.1, -0.05) is 18.2 Å². The van der Waals surface area contributed by atoms with Crippen LogP contribution >= 0.6 is 0 Å². The molecule has 1 N–H and O–H groups in total. The maximum absolute atomic E-state index is 12.8. The molecule has 1 aliphatic rings. The number of carbonyl (C=O) groups is 1. The van der Waals surface area contributed by atoms with Crippen molar-refractivity contribution in [2.24, 2.45) is 0 Å². The number of piperazine rings is 1. The molecule has 1 aromatic carbocycles. The zero-order valence-corrected chi connectivity index (χ0v) is 14.8. The topological polar surface area (TPSA) is 62.1 Å². The Morgan fingerprint density at radius 2 is 1.83 bits per heavy atom. The molecule has 128 valence electrons. The lowest BCUT2D eigenvalue weighted by Gasteiger charge is -2.36. The SMILES string of the molecule is CC[NH+]1CCN(C(=O)[C@H](C)N(c2ccccc2)S(C)(=O)=O)CC1. The van der Waals surface area contributed by atoms with Crippen LogP contribution in [0.25, 0.3) is 0 Å². The largest absolute Gasteiger partial charge is 0.332 e. The first kappa shape index (κ1) is 17.7. The van der Waals surface area contributed by atoms with E-state index in [1.165, 1.54) is 9.21 Å². The second-order valence-corrected chi connectivity index (χ2v) is 7.86. The summed E-state index contributed by atoms with van der Waals surface area (Å²) in [6.07, 6.45) is 1.14. The summed E-state index contributed by atoms with van der Waals surface area (Å²) < 4.78 is 25.6. The van der Waals surface area contributed by atoms with Crippen molar-refractivity contribution in [3.05, 3.63) is 30.3 Å². The summed E-state index contributed by atoms with van der Waals surface area (Å²) >= 11 is 0. The van der Waals surface area contributed by atoms with Crippen molar-refractivity contribution in [3.63, 3.8) is 0 Å². The molecule has 1 aliphatic heterocycles. The van der Waals surface area contributed by atoms with Gasteiger partial charge in [0.05, 0.1) is 44.7 Å². The summed E-state index contributed by atoms with van der Waals surface area (Å²) in [5, 5.41) is 0. The molecule has 0 radical (unpaired) electrons. The number of benzene rings is 1. The van der Waals surface area contributed by atoms with Crippen LogP contribution < -0.4 is 9.21 Å². The number of amides is 1. The fraction of sp³-hybridized carbons (Fsp3) is 0.562. The molecular weight excluding hydrogens is 314 g/mol. The van der Waals surface area contributed by atoms with Gasteiger partial charge in [-0.05, 0) is 26.0 Å². The minimum absolute atomic E-state index is 0.130. The number of hydrogen-bond donors (Lipinski definition) is 1. The minimum atomic E-state index is -3.54. The first-order valence-corrected chi connectivity index (χ1v) is 9.86. The van der Waals surface area contributed by atoms with Crippen LogP contribution in [0.3, 0.4) is 0 Å². The van der Waals surface area contributed by atoms with E-state index in [9.17, 15) is 13.2 Å². The molecule has 0 spiro atoms. The van der Waals surface area contributed by atoms with Gasteiger partial charge in [0, 0.05) is 0 Å². The number of sulfonamides is 1. The number of quaternary nitrogens is 1. The van der Waals surface area contributed by atoms with Crippen molar-refractivity contribution in [2.45, 2.75) is 19.9 Å². The highest BCUT2D eigenvalue weighted by Crippen LogP contribution is 2.21. The van der Waals surface area contributed by atoms with Gasteiger partial charge in [0.15, 0.2) is 0 Å². The Balaban J connectivity index is 2.18. The van der Waals surface area contributed by atoms with Crippen molar-refractivity contribution in [1.82, 2.24) is 4.90 Å². The Bertz CT molecular complexity index is 625. The molecule has 23 heavy (non-hydrogen) atoms. The van der Waals surface area contributed by atoms with E-state index in [0.29, 0.717) is 18.8 Å². The molecule has 1 saturated heterocycles. The van der Waals surface area contributed by atoms with Crippen LogP contribution in [-0.4, -0.2) is 64.2 Å². The first-order valence-electron chi connectivity index (χ1n) is 8.01. The van der Waals surface area contributed by atoms with E-state index in [1.807, 2.05) is 6.07 Å². The summed E-state index contributed by atoms with van der Waals surface area (Å²) in [7, 11) is -3.54. The molecule has 1 heterocycles. The Labute approximate surface area is 138 Å². The molecular formula is C16H26N3O3S+. The second kappa shape index (κ2) is 7.31. The number of carbonyl (C=O) groups excluding carboxylic acids is 1. The normalized spacial score (nSPS) is 17.8. The maximum atomic E-state index is 12.8. The zero-order valence-electron chi connectivity index (χ0n) is 14.0. The van der Waals surface area contributed by atoms with Crippen LogP contribution in [-0.2, 0) is 14.8 Å². The summed E-state index contributed by atoms with van der Waals surface area (Å²) in [6, 6.07) is 8.05. The highest BCUT2D eigenvalue weighted by molar-refractivity contribution is 7.92. The third-order valence-electron chi connectivity index (χ3n) is 4.36. The summed E-state index contributed by atoms with van der Waals surface area (Å²) in [6.45, 7) is 8.04. The van der Waals surface area contributed by atoms with Crippen molar-refractivity contribution in [2.75, 3.05) is 43.3 Å². The molecule has 0 unspecified atom stereocenters. The van der Waals surface area contributed by atoms with Crippen LogP contribution in [0.2, 0.25) is 0 Å². The zero-order chi connectivity index (χ0) is 17.0. The second-order valence-electron chi connectivity index (χ2n) is 6.00. The molecule has 1 aromatic rings. The fourth-order valence-electron chi connectivity index (χ4n) is 3.04. The van der Waals surface area contributed by atoms with E-state index in [0.717, 1.165) is 25.9 Å². The van der Waals surface area contributed by atoms with E-state index in [-0.39, 0.29) is 5.91 Å². The summed E-state index contributed by atoms with van der Waals surface area (Å²) in [5.41, 5.74) is 0.522. The van der Waals surface area contributed by atoms with Crippen molar-refractivity contribution >= 4 is 21.6 Å². The standard InChI is InChI=1S/C16H25N3O3S/c1-4-17-10-12-18(13-11-17)16(20)14(2)19(23(3,21)22)15-8-6-5-7-9-15/h5-9,14H,4,10-13H2,1-3H3/p+1/t14-/m0/s1. The van der Waals surface area contributed by atoms with Crippen LogP contribution in [0.1, 0.15) is 13.8 Å². The van der Waals surface area contributed by atoms with Crippen LogP contribution in [0.5, 0.6) is 0 Å². The fourth-order valence-corrected chi connectivity index (χ4v) is 4.21. The Hall–Kier alpha value is -1.60. The molecule has 0 aromatic heterocycles. The van der Waals surface area contributed by atoms with Gasteiger partial charge in [0.2, 0.25) is 15.9 Å². The lowest BCUT2D eigenvalue weighted by atomic mass is 10.2. The van der Waals surface area contributed by atoms with Crippen molar-refractivity contribution < 1.29 is 18.1 Å². The highest BCUT2D eigenvalue weighted by atomic mass is 32.2. The molecule has 1 atom stereocenters. The number of para-hydroxylation sites is 1. The minimum Gasteiger partial charge on any atom is -0.332 e. The van der Waals surface area contributed by atoms with E-state index >= 15 is 0 Å². The van der Waals surface area contributed by atoms with Gasteiger partial charge < -0.3 is 9.80 Å². The number of anilines is 1. The van der Waals surface area contributed by atoms with E-state index in [2.05, 4.69) is 6.92 Å². The molecule has 1 amide bonds. The van der Waals surface area contributed by atoms with Gasteiger partial charge >= 0.3 is 0 Å². The molecule has 0 aliphatic carbocycles. The predicted molar refractivity (Wildman–Crippen MR) is 91.0 cm³/mol. The number of likely N-dealkylation sites (N-methyl/N-ethyl adjacent to an activating group) is 1. The smallest absolute Gasteiger partial charge is 0.246 e. The quantitative estimate of drug-likeness (QED) is 0.793. The Kier molecular flexibility index (Phi) is 5.64. The van der Waals surface area contributed by atoms with Gasteiger partial charge in [0.25, 0.3) is 0 Å². The third-order valence-corrected chi connectivity index (χ3v) is 5.60. The summed E-state index contributed by atoms with van der Waals surface area (Å²) in [5.74, 6) is -0.130. The van der Waals surface area contributed by atoms with Crippen molar-refractivity contribution in [3.8, 4) is 0 Å². The monoisotopic (exact) mass is 340 g/mol. The van der Waals surface area contributed by atoms with Gasteiger partial charge in [0.1, 0.15) is 6.04 Å². The average molecular weight is 340 g/mol. The van der Waals surface area contributed by atoms with Gasteiger partial charge in [-0.3, -0.25) is 9.10 Å². The maximum Gasteiger partial charge on any atom is 0.246 e. The highest BCUT2D eigenvalue weighted by Gasteiger charge is 2.33. The Morgan fingerprint density at radius 1 is 1.26 bits per heavy atom. The van der Waals surface area contributed by atoms with Gasteiger partial charge in [-0.2, -0.15) is 0 Å². The van der Waals surface area contributed by atoms with E-state index in [1.54, 1.807) is 36.1 Å². The van der Waals surface area contributed by atoms with E-state index < -0.39 is 16.1 Å².